The predicted molar refractivity (Wildman–Crippen MR) is 108 cm³/mol. The third kappa shape index (κ3) is 2.82. The van der Waals surface area contributed by atoms with Crippen molar-refractivity contribution in [2.75, 3.05) is 0 Å². The molecule has 0 aliphatic heterocycles. The molecular weight excluding hydrogens is 332 g/mol. The fourth-order valence-corrected chi connectivity index (χ4v) is 4.38. The summed E-state index contributed by atoms with van der Waals surface area (Å²) in [5.41, 5.74) is 2.47. The van der Waals surface area contributed by atoms with Gasteiger partial charge in [0.2, 0.25) is 0 Å². The molecule has 0 saturated heterocycles. The smallest absolute Gasteiger partial charge is 0.151 e. The lowest BCUT2D eigenvalue weighted by Gasteiger charge is -2.37. The van der Waals surface area contributed by atoms with Crippen LogP contribution in [0.1, 0.15) is 36.3 Å². The summed E-state index contributed by atoms with van der Waals surface area (Å²) < 4.78 is 0. The zero-order valence-corrected chi connectivity index (χ0v) is 15.2. The van der Waals surface area contributed by atoms with Crippen LogP contribution >= 0.6 is 0 Å². The van der Waals surface area contributed by atoms with Crippen LogP contribution in [0.4, 0.5) is 0 Å². The molecule has 0 N–H and O–H groups in total. The van der Waals surface area contributed by atoms with Gasteiger partial charge in [-0.15, -0.1) is 0 Å². The van der Waals surface area contributed by atoms with Crippen molar-refractivity contribution in [3.05, 3.63) is 102 Å². The standard InChI is InChI=1S/C25H22O2/c1-18-21(16-15-19-9-4-2-5-10-19)17-22(20-11-6-3-7-12-20)25(18)23(26)13-8-14-24(25)27/h2-7,9-12,15-17,22H,1,8,13-14H2/b16-15-. The van der Waals surface area contributed by atoms with Crippen LogP contribution in [-0.4, -0.2) is 11.6 Å². The summed E-state index contributed by atoms with van der Waals surface area (Å²) in [7, 11) is 0. The highest BCUT2D eigenvalue weighted by molar-refractivity contribution is 6.14. The van der Waals surface area contributed by atoms with E-state index in [4.69, 9.17) is 0 Å². The SMILES string of the molecule is C=C1C(/C=C\c2ccccc2)=CC(c2ccccc2)C12C(=O)CCCC2=O. The maximum Gasteiger partial charge on any atom is 0.151 e. The lowest BCUT2D eigenvalue weighted by atomic mass is 9.61. The average molecular weight is 354 g/mol. The Morgan fingerprint density at radius 3 is 2.07 bits per heavy atom. The molecule has 134 valence electrons. The minimum Gasteiger partial charge on any atom is -0.298 e. The number of allylic oxidation sites excluding steroid dienone is 4. The quantitative estimate of drug-likeness (QED) is 0.702. The Labute approximate surface area is 159 Å². The maximum absolute atomic E-state index is 13.1. The van der Waals surface area contributed by atoms with Crippen molar-refractivity contribution in [3.63, 3.8) is 0 Å². The number of rotatable bonds is 3. The Bertz CT molecular complexity index is 932. The summed E-state index contributed by atoms with van der Waals surface area (Å²) in [6.07, 6.45) is 7.57. The minimum absolute atomic E-state index is 0.0111. The predicted octanol–water partition coefficient (Wildman–Crippen LogP) is 5.29. The van der Waals surface area contributed by atoms with Crippen molar-refractivity contribution in [2.45, 2.75) is 25.2 Å². The van der Waals surface area contributed by atoms with Gasteiger partial charge in [-0.05, 0) is 28.7 Å². The second-order valence-electron chi connectivity index (χ2n) is 7.24. The van der Waals surface area contributed by atoms with E-state index in [0.717, 1.165) is 16.7 Å². The van der Waals surface area contributed by atoms with Gasteiger partial charge in [0.25, 0.3) is 0 Å². The number of hydrogen-bond donors (Lipinski definition) is 0. The molecule has 4 rings (SSSR count). The van der Waals surface area contributed by atoms with E-state index in [9.17, 15) is 9.59 Å². The monoisotopic (exact) mass is 354 g/mol. The first-order valence-electron chi connectivity index (χ1n) is 9.40. The zero-order chi connectivity index (χ0) is 18.9. The van der Waals surface area contributed by atoms with E-state index in [1.807, 2.05) is 72.8 Å². The van der Waals surface area contributed by atoms with Crippen LogP contribution in [-0.2, 0) is 9.59 Å². The Kier molecular flexibility index (Phi) is 4.49. The molecule has 2 aliphatic rings. The third-order valence-corrected chi connectivity index (χ3v) is 5.74. The fraction of sp³-hybridized carbons (Fsp3) is 0.200. The molecule has 0 radical (unpaired) electrons. The average Bonchev–Trinajstić information content (AvgIpc) is 3.00. The molecule has 2 aliphatic carbocycles. The topological polar surface area (TPSA) is 34.1 Å². The van der Waals surface area contributed by atoms with Crippen LogP contribution in [0.2, 0.25) is 0 Å². The van der Waals surface area contributed by atoms with Gasteiger partial charge in [0, 0.05) is 18.8 Å². The normalized spacial score (nSPS) is 21.9. The van der Waals surface area contributed by atoms with Crippen molar-refractivity contribution in [1.82, 2.24) is 0 Å². The van der Waals surface area contributed by atoms with E-state index in [0.29, 0.717) is 24.8 Å². The molecule has 2 heteroatoms. The van der Waals surface area contributed by atoms with Gasteiger partial charge in [-0.1, -0.05) is 85.5 Å². The van der Waals surface area contributed by atoms with Gasteiger partial charge in [0.15, 0.2) is 11.6 Å². The molecule has 1 fully saturated rings. The summed E-state index contributed by atoms with van der Waals surface area (Å²) in [5, 5.41) is 0. The molecule has 1 atom stereocenters. The van der Waals surface area contributed by atoms with Gasteiger partial charge >= 0.3 is 0 Å². The highest BCUT2D eigenvalue weighted by Crippen LogP contribution is 2.55. The fourth-order valence-electron chi connectivity index (χ4n) is 4.38. The largest absolute Gasteiger partial charge is 0.298 e. The molecule has 2 aromatic carbocycles. The van der Waals surface area contributed by atoms with Gasteiger partial charge in [0.05, 0.1) is 0 Å². The van der Waals surface area contributed by atoms with Gasteiger partial charge in [-0.3, -0.25) is 9.59 Å². The number of ketones is 2. The van der Waals surface area contributed by atoms with Crippen LogP contribution in [0.5, 0.6) is 0 Å². The van der Waals surface area contributed by atoms with E-state index in [-0.39, 0.29) is 17.5 Å². The van der Waals surface area contributed by atoms with E-state index in [2.05, 4.69) is 12.7 Å². The van der Waals surface area contributed by atoms with Gasteiger partial charge in [0.1, 0.15) is 5.41 Å². The molecule has 0 heterocycles. The van der Waals surface area contributed by atoms with Crippen LogP contribution in [0.25, 0.3) is 6.08 Å². The molecule has 2 nitrogen and oxygen atoms in total. The number of carbonyl (C=O) groups is 2. The summed E-state index contributed by atoms with van der Waals surface area (Å²) >= 11 is 0. The van der Waals surface area contributed by atoms with E-state index >= 15 is 0 Å². The second-order valence-corrected chi connectivity index (χ2v) is 7.24. The molecule has 1 unspecified atom stereocenters. The summed E-state index contributed by atoms with van der Waals surface area (Å²) in [6.45, 7) is 4.24. The molecule has 0 aromatic heterocycles. The van der Waals surface area contributed by atoms with Crippen LogP contribution < -0.4 is 0 Å². The molecule has 0 amide bonds. The number of hydrogen-bond acceptors (Lipinski definition) is 2. The zero-order valence-electron chi connectivity index (χ0n) is 15.2. The Morgan fingerprint density at radius 2 is 1.44 bits per heavy atom. The first-order chi connectivity index (χ1) is 13.1. The maximum atomic E-state index is 13.1. The van der Waals surface area contributed by atoms with Crippen molar-refractivity contribution < 1.29 is 9.59 Å². The van der Waals surface area contributed by atoms with Crippen LogP contribution in [0, 0.1) is 5.41 Å². The van der Waals surface area contributed by atoms with Gasteiger partial charge in [-0.2, -0.15) is 0 Å². The summed E-state index contributed by atoms with van der Waals surface area (Å²) in [5.74, 6) is -0.254. The highest BCUT2D eigenvalue weighted by atomic mass is 16.2. The van der Waals surface area contributed by atoms with E-state index in [1.165, 1.54) is 0 Å². The van der Waals surface area contributed by atoms with E-state index < -0.39 is 5.41 Å². The highest BCUT2D eigenvalue weighted by Gasteiger charge is 2.57. The number of carbonyl (C=O) groups excluding carboxylic acids is 2. The number of benzene rings is 2. The van der Waals surface area contributed by atoms with Crippen molar-refractivity contribution >= 4 is 17.6 Å². The molecule has 2 aromatic rings. The first kappa shape index (κ1) is 17.4. The lowest BCUT2D eigenvalue weighted by molar-refractivity contribution is -0.141. The minimum atomic E-state index is -1.13. The van der Waals surface area contributed by atoms with E-state index in [1.54, 1.807) is 0 Å². The van der Waals surface area contributed by atoms with Crippen molar-refractivity contribution in [2.24, 2.45) is 5.41 Å². The Morgan fingerprint density at radius 1 is 0.852 bits per heavy atom. The molecule has 1 spiro atoms. The van der Waals surface area contributed by atoms with Gasteiger partial charge < -0.3 is 0 Å². The van der Waals surface area contributed by atoms with Crippen molar-refractivity contribution in [3.8, 4) is 0 Å². The van der Waals surface area contributed by atoms with Crippen molar-refractivity contribution in [1.29, 1.82) is 0 Å². The molecular formula is C25H22O2. The molecule has 1 saturated carbocycles. The Hall–Kier alpha value is -3.00. The van der Waals surface area contributed by atoms with Gasteiger partial charge in [-0.25, -0.2) is 0 Å². The van der Waals surface area contributed by atoms with Crippen LogP contribution in [0.15, 0.2) is 90.5 Å². The molecule has 0 bridgehead atoms. The third-order valence-electron chi connectivity index (χ3n) is 5.74. The Balaban J connectivity index is 1.80. The first-order valence-corrected chi connectivity index (χ1v) is 9.40. The summed E-state index contributed by atoms with van der Waals surface area (Å²) in [4.78, 5) is 26.2. The number of Topliss-reactive ketones (excluding diaryl/α,β-unsaturated/α-hetero) is 2. The molecule has 27 heavy (non-hydrogen) atoms. The summed E-state index contributed by atoms with van der Waals surface area (Å²) in [6, 6.07) is 19.8. The van der Waals surface area contributed by atoms with Crippen LogP contribution in [0.3, 0.4) is 0 Å². The second kappa shape index (κ2) is 6.96. The lowest BCUT2D eigenvalue weighted by Crippen LogP contribution is -2.46.